The molecule has 5 nitrogen and oxygen atoms in total. The molecule has 2 N–H and O–H groups in total. The maximum absolute atomic E-state index is 11.5. The first-order valence-electron chi connectivity index (χ1n) is 5.87. The maximum Gasteiger partial charge on any atom is 0.322 e. The van der Waals surface area contributed by atoms with E-state index >= 15 is 0 Å². The van der Waals surface area contributed by atoms with Crippen LogP contribution in [0.25, 0.3) is 0 Å². The molecule has 0 aromatic heterocycles. The zero-order valence-electron chi connectivity index (χ0n) is 9.54. The summed E-state index contributed by atoms with van der Waals surface area (Å²) in [6, 6.07) is -0.365. The van der Waals surface area contributed by atoms with Gasteiger partial charge in [0, 0.05) is 13.2 Å². The van der Waals surface area contributed by atoms with Gasteiger partial charge in [0.05, 0.1) is 0 Å². The molecule has 0 unspecified atom stereocenters. The van der Waals surface area contributed by atoms with Crippen molar-refractivity contribution < 1.29 is 14.3 Å². The Morgan fingerprint density at radius 2 is 2.19 bits per heavy atom. The summed E-state index contributed by atoms with van der Waals surface area (Å²) in [6.07, 6.45) is 3.62. The largest absolute Gasteiger partial charge is 0.381 e. The summed E-state index contributed by atoms with van der Waals surface area (Å²) in [5.74, 6) is 0.225. The zero-order valence-corrected chi connectivity index (χ0v) is 9.54. The van der Waals surface area contributed by atoms with Gasteiger partial charge in [0.1, 0.15) is 5.54 Å². The van der Waals surface area contributed by atoms with Crippen molar-refractivity contribution in [3.05, 3.63) is 0 Å². The van der Waals surface area contributed by atoms with Gasteiger partial charge in [0.15, 0.2) is 0 Å². The molecule has 5 heteroatoms. The number of imide groups is 1. The van der Waals surface area contributed by atoms with Crippen LogP contribution in [0.2, 0.25) is 0 Å². The normalized spacial score (nSPS) is 32.4. The van der Waals surface area contributed by atoms with Crippen LogP contribution in [0.3, 0.4) is 0 Å². The Bertz CT molecular complexity index is 298. The molecule has 3 amide bonds. The first-order valence-corrected chi connectivity index (χ1v) is 5.87. The monoisotopic (exact) mass is 226 g/mol. The average Bonchev–Trinajstić information content (AvgIpc) is 2.47. The number of ether oxygens (including phenoxy) is 1. The lowest BCUT2D eigenvalue weighted by molar-refractivity contribution is -0.129. The van der Waals surface area contributed by atoms with Crippen LogP contribution in [0.15, 0.2) is 0 Å². The van der Waals surface area contributed by atoms with Crippen LogP contribution in [0.5, 0.6) is 0 Å². The minimum absolute atomic E-state index is 0.178. The van der Waals surface area contributed by atoms with Gasteiger partial charge in [-0.3, -0.25) is 10.1 Å². The summed E-state index contributed by atoms with van der Waals surface area (Å²) >= 11 is 0. The zero-order chi connectivity index (χ0) is 11.6. The fraction of sp³-hybridized carbons (Fsp3) is 0.818. The van der Waals surface area contributed by atoms with E-state index in [1.807, 2.05) is 0 Å². The molecule has 1 saturated carbocycles. The third-order valence-electron chi connectivity index (χ3n) is 3.28. The number of carbonyl (C=O) groups excluding carboxylic acids is 2. The fourth-order valence-electron chi connectivity index (χ4n) is 2.36. The van der Waals surface area contributed by atoms with E-state index in [1.54, 1.807) is 0 Å². The van der Waals surface area contributed by atoms with Crippen LogP contribution in [-0.2, 0) is 9.53 Å². The standard InChI is InChI=1S/C11H18N2O3/c1-2-3-4-16-7-8-5-11(6-8)9(14)12-10(15)13-11/h8H,2-7H2,1H3,(H2,12,13,14,15). The van der Waals surface area contributed by atoms with Gasteiger partial charge in [0.25, 0.3) is 5.91 Å². The molecule has 0 aromatic carbocycles. The second kappa shape index (κ2) is 4.41. The fourth-order valence-corrected chi connectivity index (χ4v) is 2.36. The van der Waals surface area contributed by atoms with Gasteiger partial charge in [-0.25, -0.2) is 4.79 Å². The molecule has 0 radical (unpaired) electrons. The minimum atomic E-state index is -0.615. The Kier molecular flexibility index (Phi) is 3.14. The Balaban J connectivity index is 1.69. The molecule has 90 valence electrons. The molecule has 2 fully saturated rings. The van der Waals surface area contributed by atoms with Crippen LogP contribution < -0.4 is 10.6 Å². The first-order chi connectivity index (χ1) is 7.66. The topological polar surface area (TPSA) is 67.4 Å². The SMILES string of the molecule is CCCCOCC1CC2(C1)NC(=O)NC2=O. The van der Waals surface area contributed by atoms with Gasteiger partial charge in [-0.15, -0.1) is 0 Å². The smallest absolute Gasteiger partial charge is 0.322 e. The Hall–Kier alpha value is -1.10. The van der Waals surface area contributed by atoms with E-state index in [1.165, 1.54) is 0 Å². The number of hydrogen-bond donors (Lipinski definition) is 2. The van der Waals surface area contributed by atoms with Crippen molar-refractivity contribution in [2.24, 2.45) is 5.92 Å². The summed E-state index contributed by atoms with van der Waals surface area (Å²) in [7, 11) is 0. The lowest BCUT2D eigenvalue weighted by atomic mass is 9.68. The van der Waals surface area contributed by atoms with Crippen LogP contribution in [0.1, 0.15) is 32.6 Å². The lowest BCUT2D eigenvalue weighted by Crippen LogP contribution is -2.57. The van der Waals surface area contributed by atoms with E-state index in [-0.39, 0.29) is 11.9 Å². The Morgan fingerprint density at radius 1 is 1.44 bits per heavy atom. The lowest BCUT2D eigenvalue weighted by Gasteiger charge is -2.42. The van der Waals surface area contributed by atoms with E-state index in [0.717, 1.165) is 19.4 Å². The molecule has 0 atom stereocenters. The molecular weight excluding hydrogens is 208 g/mol. The highest BCUT2D eigenvalue weighted by Gasteiger charge is 2.55. The van der Waals surface area contributed by atoms with Crippen molar-refractivity contribution >= 4 is 11.9 Å². The van der Waals surface area contributed by atoms with Gasteiger partial charge >= 0.3 is 6.03 Å². The molecule has 0 bridgehead atoms. The highest BCUT2D eigenvalue weighted by Crippen LogP contribution is 2.39. The predicted molar refractivity (Wildman–Crippen MR) is 57.9 cm³/mol. The number of rotatable bonds is 5. The van der Waals surface area contributed by atoms with Crippen LogP contribution in [0, 0.1) is 5.92 Å². The summed E-state index contributed by atoms with van der Waals surface area (Å²) in [5, 5.41) is 4.97. The van der Waals surface area contributed by atoms with Gasteiger partial charge in [-0.1, -0.05) is 13.3 Å². The van der Waals surface area contributed by atoms with Crippen LogP contribution in [0.4, 0.5) is 4.79 Å². The second-order valence-electron chi connectivity index (χ2n) is 4.69. The van der Waals surface area contributed by atoms with Gasteiger partial charge in [-0.2, -0.15) is 0 Å². The number of unbranched alkanes of at least 4 members (excludes halogenated alkanes) is 1. The third-order valence-corrected chi connectivity index (χ3v) is 3.28. The highest BCUT2D eigenvalue weighted by molar-refractivity contribution is 6.07. The van der Waals surface area contributed by atoms with Crippen molar-refractivity contribution in [2.45, 2.75) is 38.1 Å². The maximum atomic E-state index is 11.5. The number of hydrogen-bond acceptors (Lipinski definition) is 3. The van der Waals surface area contributed by atoms with Crippen molar-refractivity contribution in [3.63, 3.8) is 0 Å². The molecule has 1 aliphatic carbocycles. The number of amides is 3. The van der Waals surface area contributed by atoms with Crippen LogP contribution >= 0.6 is 0 Å². The summed E-state index contributed by atoms with van der Waals surface area (Å²) < 4.78 is 5.50. The molecule has 1 spiro atoms. The second-order valence-corrected chi connectivity index (χ2v) is 4.69. The molecule has 1 saturated heterocycles. The van der Waals surface area contributed by atoms with E-state index in [0.29, 0.717) is 25.4 Å². The first kappa shape index (κ1) is 11.4. The number of nitrogens with one attached hydrogen (secondary N) is 2. The summed E-state index contributed by atoms with van der Waals surface area (Å²) in [6.45, 7) is 3.61. The van der Waals surface area contributed by atoms with Crippen LogP contribution in [-0.4, -0.2) is 30.7 Å². The number of carbonyl (C=O) groups is 2. The molecule has 16 heavy (non-hydrogen) atoms. The quantitative estimate of drug-likeness (QED) is 0.538. The van der Waals surface area contributed by atoms with Gasteiger partial charge in [0.2, 0.25) is 0 Å². The Morgan fingerprint density at radius 3 is 2.75 bits per heavy atom. The van der Waals surface area contributed by atoms with Crippen molar-refractivity contribution in [1.82, 2.24) is 10.6 Å². The van der Waals surface area contributed by atoms with Gasteiger partial charge in [-0.05, 0) is 25.2 Å². The highest BCUT2D eigenvalue weighted by atomic mass is 16.5. The van der Waals surface area contributed by atoms with Gasteiger partial charge < -0.3 is 10.1 Å². The molecule has 0 aromatic rings. The molecule has 1 heterocycles. The van der Waals surface area contributed by atoms with E-state index in [2.05, 4.69) is 17.6 Å². The average molecular weight is 226 g/mol. The third kappa shape index (κ3) is 2.04. The summed E-state index contributed by atoms with van der Waals surface area (Å²) in [5.41, 5.74) is -0.615. The van der Waals surface area contributed by atoms with Crippen molar-refractivity contribution in [2.75, 3.05) is 13.2 Å². The van der Waals surface area contributed by atoms with Crippen molar-refractivity contribution in [1.29, 1.82) is 0 Å². The molecule has 1 aliphatic heterocycles. The van der Waals surface area contributed by atoms with Crippen molar-refractivity contribution in [3.8, 4) is 0 Å². The number of urea groups is 1. The predicted octanol–water partition coefficient (Wildman–Crippen LogP) is 0.791. The Labute approximate surface area is 94.9 Å². The molecular formula is C11H18N2O3. The summed E-state index contributed by atoms with van der Waals surface area (Å²) in [4.78, 5) is 22.5. The molecule has 2 rings (SSSR count). The van der Waals surface area contributed by atoms with E-state index in [9.17, 15) is 9.59 Å². The van der Waals surface area contributed by atoms with E-state index in [4.69, 9.17) is 4.74 Å². The molecule has 2 aliphatic rings. The minimum Gasteiger partial charge on any atom is -0.381 e. The van der Waals surface area contributed by atoms with E-state index < -0.39 is 5.54 Å².